The number of hydrogen-bond donors (Lipinski definition) is 2. The van der Waals surface area contributed by atoms with E-state index in [0.29, 0.717) is 6.54 Å². The van der Waals surface area contributed by atoms with Crippen LogP contribution >= 0.6 is 0 Å². The molecule has 1 amide bonds. The van der Waals surface area contributed by atoms with Gasteiger partial charge in [-0.2, -0.15) is 0 Å². The number of amides is 1. The van der Waals surface area contributed by atoms with E-state index in [0.717, 1.165) is 37.5 Å². The van der Waals surface area contributed by atoms with Crippen LogP contribution in [0.2, 0.25) is 0 Å². The number of para-hydroxylation sites is 1. The van der Waals surface area contributed by atoms with Gasteiger partial charge in [-0.3, -0.25) is 9.69 Å². The molecule has 0 aliphatic carbocycles. The lowest BCUT2D eigenvalue weighted by Crippen LogP contribution is -2.31. The summed E-state index contributed by atoms with van der Waals surface area (Å²) in [7, 11) is 1.66. The van der Waals surface area contributed by atoms with Crippen molar-refractivity contribution in [1.29, 1.82) is 0 Å². The molecule has 0 fully saturated rings. The summed E-state index contributed by atoms with van der Waals surface area (Å²) in [6.45, 7) is 8.13. The predicted octanol–water partition coefficient (Wildman–Crippen LogP) is 3.31. The van der Waals surface area contributed by atoms with E-state index >= 15 is 0 Å². The largest absolute Gasteiger partial charge is 0.497 e. The zero-order valence-electron chi connectivity index (χ0n) is 16.6. The number of hydrogen-bond acceptors (Lipinski definition) is 4. The van der Waals surface area contributed by atoms with Gasteiger partial charge >= 0.3 is 0 Å². The molecule has 0 radical (unpaired) electrons. The Bertz CT molecular complexity index is 697. The third kappa shape index (κ3) is 6.94. The smallest absolute Gasteiger partial charge is 0.239 e. The van der Waals surface area contributed by atoms with Crippen molar-refractivity contribution < 1.29 is 9.53 Å². The molecule has 0 heterocycles. The molecule has 0 aromatic heterocycles. The Morgan fingerprint density at radius 1 is 1.04 bits per heavy atom. The minimum absolute atomic E-state index is 0.00107. The van der Waals surface area contributed by atoms with E-state index in [9.17, 15) is 4.79 Å². The predicted molar refractivity (Wildman–Crippen MR) is 111 cm³/mol. The number of carbonyl (C=O) groups is 1. The number of nitrogens with one attached hydrogen (secondary N) is 2. The number of rotatable bonds is 11. The Morgan fingerprint density at radius 3 is 2.41 bits per heavy atom. The second-order valence-electron chi connectivity index (χ2n) is 6.42. The first-order valence-corrected chi connectivity index (χ1v) is 9.60. The van der Waals surface area contributed by atoms with Gasteiger partial charge in [-0.05, 0) is 48.8 Å². The molecule has 0 aliphatic heterocycles. The normalized spacial score (nSPS) is 10.7. The lowest BCUT2D eigenvalue weighted by molar-refractivity contribution is -0.119. The summed E-state index contributed by atoms with van der Waals surface area (Å²) in [4.78, 5) is 14.5. The maximum absolute atomic E-state index is 12.1. The molecule has 2 rings (SSSR count). The van der Waals surface area contributed by atoms with Crippen LogP contribution in [0.3, 0.4) is 0 Å². The molecule has 146 valence electrons. The first-order chi connectivity index (χ1) is 13.2. The average Bonchev–Trinajstić information content (AvgIpc) is 2.71. The van der Waals surface area contributed by atoms with Gasteiger partial charge in [-0.25, -0.2) is 0 Å². The lowest BCUT2D eigenvalue weighted by Gasteiger charge is -2.20. The van der Waals surface area contributed by atoms with Crippen molar-refractivity contribution >= 4 is 11.6 Å². The van der Waals surface area contributed by atoms with E-state index in [1.165, 1.54) is 11.1 Å². The lowest BCUT2D eigenvalue weighted by atomic mass is 10.1. The fraction of sp³-hybridized carbons (Fsp3) is 0.409. The quantitative estimate of drug-likeness (QED) is 0.638. The number of ether oxygens (including phenoxy) is 1. The zero-order chi connectivity index (χ0) is 19.5. The first kappa shape index (κ1) is 20.8. The van der Waals surface area contributed by atoms with Crippen molar-refractivity contribution in [3.05, 3.63) is 59.7 Å². The summed E-state index contributed by atoms with van der Waals surface area (Å²) >= 11 is 0. The first-order valence-electron chi connectivity index (χ1n) is 9.60. The third-order valence-corrected chi connectivity index (χ3v) is 4.64. The Morgan fingerprint density at radius 2 is 1.74 bits per heavy atom. The Balaban J connectivity index is 1.78. The van der Waals surface area contributed by atoms with Crippen LogP contribution in [-0.2, 0) is 17.8 Å². The van der Waals surface area contributed by atoms with Crippen LogP contribution in [0.5, 0.6) is 5.75 Å². The van der Waals surface area contributed by atoms with Crippen molar-refractivity contribution in [3.63, 3.8) is 0 Å². The third-order valence-electron chi connectivity index (χ3n) is 4.64. The molecule has 2 aromatic rings. The second-order valence-corrected chi connectivity index (χ2v) is 6.42. The van der Waals surface area contributed by atoms with Gasteiger partial charge in [0.2, 0.25) is 5.91 Å². The highest BCUT2D eigenvalue weighted by atomic mass is 16.5. The molecule has 5 nitrogen and oxygen atoms in total. The van der Waals surface area contributed by atoms with Crippen molar-refractivity contribution in [2.75, 3.05) is 38.6 Å². The molecular formula is C22H31N3O2. The molecule has 2 aromatic carbocycles. The fourth-order valence-corrected chi connectivity index (χ4v) is 2.90. The van der Waals surface area contributed by atoms with Crippen LogP contribution < -0.4 is 15.4 Å². The molecule has 0 spiro atoms. The number of nitrogens with zero attached hydrogens (tertiary/aromatic N) is 1. The van der Waals surface area contributed by atoms with Crippen LogP contribution in [0.1, 0.15) is 25.0 Å². The standard InChI is InChI=1S/C22H31N3O2/c1-4-25(5-2)17-19-8-6-7-9-21(19)24-16-22(26)23-15-14-18-10-12-20(27-3)13-11-18/h6-13,24H,4-5,14-17H2,1-3H3,(H,23,26). The van der Waals surface area contributed by atoms with Gasteiger partial charge in [0, 0.05) is 18.8 Å². The van der Waals surface area contributed by atoms with Gasteiger partial charge in [-0.1, -0.05) is 44.2 Å². The highest BCUT2D eigenvalue weighted by Crippen LogP contribution is 2.17. The topological polar surface area (TPSA) is 53.6 Å². The van der Waals surface area contributed by atoms with Crippen LogP contribution in [-0.4, -0.2) is 44.1 Å². The molecule has 0 atom stereocenters. The molecule has 0 saturated heterocycles. The van der Waals surface area contributed by atoms with Crippen LogP contribution in [0.4, 0.5) is 5.69 Å². The van der Waals surface area contributed by atoms with Gasteiger partial charge in [0.15, 0.2) is 0 Å². The summed E-state index contributed by atoms with van der Waals surface area (Å²) in [6, 6.07) is 16.1. The van der Waals surface area contributed by atoms with E-state index in [-0.39, 0.29) is 12.5 Å². The SMILES string of the molecule is CCN(CC)Cc1ccccc1NCC(=O)NCCc1ccc(OC)cc1. The van der Waals surface area contributed by atoms with Crippen LogP contribution in [0.25, 0.3) is 0 Å². The Hall–Kier alpha value is -2.53. The van der Waals surface area contributed by atoms with Gasteiger partial charge < -0.3 is 15.4 Å². The van der Waals surface area contributed by atoms with E-state index in [1.54, 1.807) is 7.11 Å². The summed E-state index contributed by atoms with van der Waals surface area (Å²) in [5.74, 6) is 0.844. The molecule has 2 N–H and O–H groups in total. The fourth-order valence-electron chi connectivity index (χ4n) is 2.90. The second kappa shape index (κ2) is 11.2. The maximum Gasteiger partial charge on any atom is 0.239 e. The van der Waals surface area contributed by atoms with Crippen LogP contribution in [0.15, 0.2) is 48.5 Å². The molecule has 0 unspecified atom stereocenters. The Labute approximate surface area is 162 Å². The number of carbonyl (C=O) groups excluding carboxylic acids is 1. The zero-order valence-corrected chi connectivity index (χ0v) is 16.6. The average molecular weight is 370 g/mol. The molecule has 0 bridgehead atoms. The number of anilines is 1. The highest BCUT2D eigenvalue weighted by Gasteiger charge is 2.07. The highest BCUT2D eigenvalue weighted by molar-refractivity contribution is 5.80. The van der Waals surface area contributed by atoms with E-state index in [4.69, 9.17) is 4.74 Å². The van der Waals surface area contributed by atoms with Gasteiger partial charge in [0.25, 0.3) is 0 Å². The van der Waals surface area contributed by atoms with Crippen molar-refractivity contribution in [2.45, 2.75) is 26.8 Å². The van der Waals surface area contributed by atoms with Gasteiger partial charge in [0.05, 0.1) is 13.7 Å². The monoisotopic (exact) mass is 369 g/mol. The summed E-state index contributed by atoms with van der Waals surface area (Å²) < 4.78 is 5.15. The van der Waals surface area contributed by atoms with Gasteiger partial charge in [-0.15, -0.1) is 0 Å². The van der Waals surface area contributed by atoms with E-state index < -0.39 is 0 Å². The van der Waals surface area contributed by atoms with E-state index in [1.807, 2.05) is 42.5 Å². The van der Waals surface area contributed by atoms with Crippen molar-refractivity contribution in [1.82, 2.24) is 10.2 Å². The maximum atomic E-state index is 12.1. The van der Waals surface area contributed by atoms with Crippen molar-refractivity contribution in [2.24, 2.45) is 0 Å². The number of benzene rings is 2. The summed E-state index contributed by atoms with van der Waals surface area (Å²) in [5.41, 5.74) is 3.41. The molecule has 5 heteroatoms. The van der Waals surface area contributed by atoms with Crippen LogP contribution in [0, 0.1) is 0 Å². The minimum atomic E-state index is 0.00107. The van der Waals surface area contributed by atoms with Gasteiger partial charge in [0.1, 0.15) is 5.75 Å². The number of methoxy groups -OCH3 is 1. The summed E-state index contributed by atoms with van der Waals surface area (Å²) in [6.07, 6.45) is 0.800. The molecular weight excluding hydrogens is 338 g/mol. The molecule has 27 heavy (non-hydrogen) atoms. The molecule has 0 saturated carbocycles. The summed E-state index contributed by atoms with van der Waals surface area (Å²) in [5, 5.41) is 6.24. The minimum Gasteiger partial charge on any atom is -0.497 e. The van der Waals surface area contributed by atoms with Crippen molar-refractivity contribution in [3.8, 4) is 5.75 Å². The Kier molecular flexibility index (Phi) is 8.65. The molecule has 0 aliphatic rings. The van der Waals surface area contributed by atoms with E-state index in [2.05, 4.69) is 35.4 Å².